The molecule has 4 atom stereocenters. The van der Waals surface area contributed by atoms with Crippen LogP contribution in [0, 0.1) is 17.8 Å². The first-order valence-electron chi connectivity index (χ1n) is 6.53. The summed E-state index contributed by atoms with van der Waals surface area (Å²) < 4.78 is 0. The van der Waals surface area contributed by atoms with Crippen LogP contribution < -0.4 is 0 Å². The van der Waals surface area contributed by atoms with Crippen molar-refractivity contribution in [2.45, 2.75) is 39.2 Å². The Morgan fingerprint density at radius 2 is 2.39 bits per heavy atom. The van der Waals surface area contributed by atoms with Crippen LogP contribution in [0.4, 0.5) is 0 Å². The van der Waals surface area contributed by atoms with Crippen LogP contribution in [0.1, 0.15) is 33.1 Å². The van der Waals surface area contributed by atoms with E-state index in [2.05, 4.69) is 11.7 Å². The topological polar surface area (TPSA) is 58.9 Å². The minimum atomic E-state index is -0.583. The SMILES string of the molecule is C=CCO/N=C/C[C@@H](C)[C@@H](O)[C@H]1C(=O)CCC1C. The van der Waals surface area contributed by atoms with Gasteiger partial charge >= 0.3 is 0 Å². The first-order valence-corrected chi connectivity index (χ1v) is 6.53. The number of nitrogens with zero attached hydrogens (tertiary/aromatic N) is 1. The molecule has 0 saturated heterocycles. The molecule has 1 fully saturated rings. The molecule has 0 aliphatic heterocycles. The van der Waals surface area contributed by atoms with Gasteiger partial charge in [-0.15, -0.1) is 0 Å². The zero-order valence-corrected chi connectivity index (χ0v) is 11.2. The average Bonchev–Trinajstić information content (AvgIpc) is 2.67. The van der Waals surface area contributed by atoms with Gasteiger partial charge in [-0.3, -0.25) is 4.79 Å². The van der Waals surface area contributed by atoms with Gasteiger partial charge in [0.05, 0.1) is 6.10 Å². The standard InChI is InChI=1S/C14H23NO3/c1-4-9-18-15-8-7-11(3)14(17)13-10(2)5-6-12(13)16/h4,8,10-11,13-14,17H,1,5-7,9H2,2-3H3/b15-8+/t10?,11-,13-,14-/m1/s1. The lowest BCUT2D eigenvalue weighted by Crippen LogP contribution is -2.33. The Labute approximate surface area is 109 Å². The second-order valence-electron chi connectivity index (χ2n) is 5.08. The van der Waals surface area contributed by atoms with Gasteiger partial charge < -0.3 is 9.94 Å². The number of aliphatic hydroxyl groups excluding tert-OH is 1. The summed E-state index contributed by atoms with van der Waals surface area (Å²) in [6, 6.07) is 0. The van der Waals surface area contributed by atoms with Crippen LogP contribution in [0.3, 0.4) is 0 Å². The van der Waals surface area contributed by atoms with E-state index >= 15 is 0 Å². The molecule has 1 saturated carbocycles. The third-order valence-electron chi connectivity index (χ3n) is 3.60. The molecule has 0 bridgehead atoms. The molecule has 1 rings (SSSR count). The first-order chi connectivity index (χ1) is 8.57. The highest BCUT2D eigenvalue weighted by molar-refractivity contribution is 5.84. The highest BCUT2D eigenvalue weighted by Gasteiger charge is 2.38. The maximum atomic E-state index is 11.7. The summed E-state index contributed by atoms with van der Waals surface area (Å²) in [7, 11) is 0. The number of hydrogen-bond donors (Lipinski definition) is 1. The van der Waals surface area contributed by atoms with Crippen LogP contribution in [0.25, 0.3) is 0 Å². The minimum absolute atomic E-state index is 0.00980. The van der Waals surface area contributed by atoms with Gasteiger partial charge in [0, 0.05) is 18.6 Å². The van der Waals surface area contributed by atoms with Crippen LogP contribution >= 0.6 is 0 Å². The first kappa shape index (κ1) is 14.9. The van der Waals surface area contributed by atoms with E-state index < -0.39 is 6.10 Å². The number of Topliss-reactive ketones (excluding diaryl/α,β-unsaturated/α-hetero) is 1. The quantitative estimate of drug-likeness (QED) is 0.327. The fourth-order valence-corrected chi connectivity index (χ4v) is 2.41. The van der Waals surface area contributed by atoms with Crippen molar-refractivity contribution in [3.8, 4) is 0 Å². The fraction of sp³-hybridized carbons (Fsp3) is 0.714. The molecule has 4 heteroatoms. The number of hydrogen-bond acceptors (Lipinski definition) is 4. The molecule has 0 amide bonds. The minimum Gasteiger partial charge on any atom is -0.392 e. The average molecular weight is 253 g/mol. The molecule has 0 spiro atoms. The van der Waals surface area contributed by atoms with E-state index in [-0.39, 0.29) is 23.5 Å². The van der Waals surface area contributed by atoms with Crippen LogP contribution in [-0.2, 0) is 9.63 Å². The summed E-state index contributed by atoms with van der Waals surface area (Å²) in [5, 5.41) is 14.0. The number of ketones is 1. The Kier molecular flexibility index (Phi) is 6.05. The molecule has 0 aromatic carbocycles. The number of oxime groups is 1. The molecule has 0 radical (unpaired) electrons. The number of carbonyl (C=O) groups is 1. The monoisotopic (exact) mass is 253 g/mol. The van der Waals surface area contributed by atoms with Crippen molar-refractivity contribution in [3.63, 3.8) is 0 Å². The highest BCUT2D eigenvalue weighted by atomic mass is 16.6. The van der Waals surface area contributed by atoms with Crippen LogP contribution in [0.2, 0.25) is 0 Å². The van der Waals surface area contributed by atoms with Crippen molar-refractivity contribution < 1.29 is 14.7 Å². The van der Waals surface area contributed by atoms with Crippen LogP contribution in [0.15, 0.2) is 17.8 Å². The lowest BCUT2D eigenvalue weighted by Gasteiger charge is -2.25. The normalized spacial score (nSPS) is 27.4. The molecule has 4 nitrogen and oxygen atoms in total. The van der Waals surface area contributed by atoms with Gasteiger partial charge in [0.25, 0.3) is 0 Å². The largest absolute Gasteiger partial charge is 0.392 e. The van der Waals surface area contributed by atoms with Gasteiger partial charge in [-0.25, -0.2) is 0 Å². The van der Waals surface area contributed by atoms with Crippen molar-refractivity contribution in [2.24, 2.45) is 22.9 Å². The van der Waals surface area contributed by atoms with Crippen molar-refractivity contribution in [1.29, 1.82) is 0 Å². The van der Waals surface area contributed by atoms with Gasteiger partial charge in [-0.1, -0.05) is 31.7 Å². The van der Waals surface area contributed by atoms with Gasteiger partial charge in [0.15, 0.2) is 0 Å². The molecule has 1 unspecified atom stereocenters. The van der Waals surface area contributed by atoms with Crippen molar-refractivity contribution in [2.75, 3.05) is 6.61 Å². The van der Waals surface area contributed by atoms with Crippen molar-refractivity contribution >= 4 is 12.0 Å². The number of aliphatic hydroxyl groups is 1. The maximum Gasteiger partial charge on any atom is 0.138 e. The molecule has 0 aromatic rings. The summed E-state index contributed by atoms with van der Waals surface area (Å²) in [6.07, 6.45) is 4.78. The Morgan fingerprint density at radius 3 is 2.94 bits per heavy atom. The Hall–Kier alpha value is -1.16. The van der Waals surface area contributed by atoms with Gasteiger partial charge in [-0.05, 0) is 24.7 Å². The van der Waals surface area contributed by atoms with E-state index in [0.29, 0.717) is 19.4 Å². The molecule has 0 aromatic heterocycles. The van der Waals surface area contributed by atoms with Gasteiger partial charge in [0.2, 0.25) is 0 Å². The van der Waals surface area contributed by atoms with E-state index in [1.54, 1.807) is 12.3 Å². The van der Waals surface area contributed by atoms with Gasteiger partial charge in [-0.2, -0.15) is 0 Å². The summed E-state index contributed by atoms with van der Waals surface area (Å²) in [5.74, 6) is 0.281. The Bertz CT molecular complexity index is 314. The number of rotatable bonds is 7. The van der Waals surface area contributed by atoms with Crippen LogP contribution in [-0.4, -0.2) is 29.8 Å². The van der Waals surface area contributed by atoms with E-state index in [9.17, 15) is 9.90 Å². The van der Waals surface area contributed by atoms with E-state index in [1.807, 2.05) is 13.8 Å². The molecule has 18 heavy (non-hydrogen) atoms. The predicted octanol–water partition coefficient (Wildman–Crippen LogP) is 2.18. The molecular weight excluding hydrogens is 230 g/mol. The van der Waals surface area contributed by atoms with Crippen molar-refractivity contribution in [1.82, 2.24) is 0 Å². The highest BCUT2D eigenvalue weighted by Crippen LogP contribution is 2.33. The molecule has 1 aliphatic carbocycles. The van der Waals surface area contributed by atoms with E-state index in [1.165, 1.54) is 0 Å². The number of carbonyl (C=O) groups excluding carboxylic acids is 1. The maximum absolute atomic E-state index is 11.7. The Morgan fingerprint density at radius 1 is 1.67 bits per heavy atom. The second-order valence-corrected chi connectivity index (χ2v) is 5.08. The molecule has 1 aliphatic rings. The second kappa shape index (κ2) is 7.31. The van der Waals surface area contributed by atoms with Gasteiger partial charge in [0.1, 0.15) is 12.4 Å². The zero-order chi connectivity index (χ0) is 13.5. The fourth-order valence-electron chi connectivity index (χ4n) is 2.41. The van der Waals surface area contributed by atoms with Crippen molar-refractivity contribution in [3.05, 3.63) is 12.7 Å². The Balaban J connectivity index is 2.40. The third kappa shape index (κ3) is 3.95. The lowest BCUT2D eigenvalue weighted by molar-refractivity contribution is -0.125. The van der Waals surface area contributed by atoms with E-state index in [4.69, 9.17) is 4.84 Å². The van der Waals surface area contributed by atoms with E-state index in [0.717, 1.165) is 6.42 Å². The summed E-state index contributed by atoms with van der Waals surface area (Å²) in [5.41, 5.74) is 0. The molecule has 0 heterocycles. The molecule has 102 valence electrons. The van der Waals surface area contributed by atoms with Crippen LogP contribution in [0.5, 0.6) is 0 Å². The summed E-state index contributed by atoms with van der Waals surface area (Å²) >= 11 is 0. The summed E-state index contributed by atoms with van der Waals surface area (Å²) in [6.45, 7) is 7.86. The molecular formula is C14H23NO3. The lowest BCUT2D eigenvalue weighted by atomic mass is 9.84. The summed E-state index contributed by atoms with van der Waals surface area (Å²) in [4.78, 5) is 16.6. The molecule has 1 N–H and O–H groups in total. The zero-order valence-electron chi connectivity index (χ0n) is 11.2. The predicted molar refractivity (Wildman–Crippen MR) is 71.3 cm³/mol. The third-order valence-corrected chi connectivity index (χ3v) is 3.60. The smallest absolute Gasteiger partial charge is 0.138 e.